The minimum Gasteiger partial charge on any atom is -0.325 e. The first-order valence-corrected chi connectivity index (χ1v) is 6.23. The van der Waals surface area contributed by atoms with E-state index in [0.717, 1.165) is 17.9 Å². The number of amides is 1. The molecular weight excluding hydrogens is 208 g/mol. The molecule has 0 heterocycles. The molecule has 0 unspecified atom stereocenters. The standard InChI is InChI=1S/C11H16N2OS/c1-15-7-6-9-2-4-10(5-3-9)13-11(14)8-12/h2-5H,6-8,12H2,1H3,(H,13,14). The molecule has 15 heavy (non-hydrogen) atoms. The predicted octanol–water partition coefficient (Wildman–Crippen LogP) is 1.49. The monoisotopic (exact) mass is 224 g/mol. The van der Waals surface area contributed by atoms with Crippen molar-refractivity contribution >= 4 is 23.4 Å². The molecule has 1 aromatic carbocycles. The van der Waals surface area contributed by atoms with Crippen molar-refractivity contribution in [3.05, 3.63) is 29.8 Å². The van der Waals surface area contributed by atoms with Gasteiger partial charge in [0, 0.05) is 5.69 Å². The number of anilines is 1. The quantitative estimate of drug-likeness (QED) is 0.796. The molecule has 0 spiro atoms. The fraction of sp³-hybridized carbons (Fsp3) is 0.364. The van der Waals surface area contributed by atoms with Crippen molar-refractivity contribution in [3.8, 4) is 0 Å². The van der Waals surface area contributed by atoms with Crippen molar-refractivity contribution in [2.24, 2.45) is 5.73 Å². The van der Waals surface area contributed by atoms with Gasteiger partial charge in [-0.05, 0) is 36.1 Å². The molecular formula is C11H16N2OS. The summed E-state index contributed by atoms with van der Waals surface area (Å²) in [5.41, 5.74) is 7.29. The van der Waals surface area contributed by atoms with Gasteiger partial charge in [-0.25, -0.2) is 0 Å². The van der Waals surface area contributed by atoms with Gasteiger partial charge in [0.25, 0.3) is 0 Å². The van der Waals surface area contributed by atoms with Crippen LogP contribution in [0, 0.1) is 0 Å². The molecule has 3 nitrogen and oxygen atoms in total. The van der Waals surface area contributed by atoms with Gasteiger partial charge in [0.2, 0.25) is 5.91 Å². The van der Waals surface area contributed by atoms with E-state index in [0.29, 0.717) is 0 Å². The highest BCUT2D eigenvalue weighted by molar-refractivity contribution is 7.98. The number of hydrogen-bond acceptors (Lipinski definition) is 3. The van der Waals surface area contributed by atoms with Crippen LogP contribution < -0.4 is 11.1 Å². The Hall–Kier alpha value is -1.00. The second kappa shape index (κ2) is 6.48. The van der Waals surface area contributed by atoms with Crippen LogP contribution in [-0.4, -0.2) is 24.5 Å². The molecule has 82 valence electrons. The SMILES string of the molecule is CSCCc1ccc(NC(=O)CN)cc1. The lowest BCUT2D eigenvalue weighted by Gasteiger charge is -2.04. The lowest BCUT2D eigenvalue weighted by atomic mass is 10.1. The Labute approximate surface area is 94.4 Å². The number of benzene rings is 1. The minimum absolute atomic E-state index is 0.0220. The third-order valence-electron chi connectivity index (χ3n) is 2.02. The number of carbonyl (C=O) groups excluding carboxylic acids is 1. The van der Waals surface area contributed by atoms with Crippen molar-refractivity contribution in [3.63, 3.8) is 0 Å². The first-order valence-electron chi connectivity index (χ1n) is 4.84. The lowest BCUT2D eigenvalue weighted by Crippen LogP contribution is -2.21. The van der Waals surface area contributed by atoms with E-state index in [4.69, 9.17) is 5.73 Å². The second-order valence-electron chi connectivity index (χ2n) is 3.19. The highest BCUT2D eigenvalue weighted by Crippen LogP contribution is 2.11. The van der Waals surface area contributed by atoms with Gasteiger partial charge in [-0.2, -0.15) is 11.8 Å². The number of hydrogen-bond donors (Lipinski definition) is 2. The first-order chi connectivity index (χ1) is 7.26. The van der Waals surface area contributed by atoms with E-state index >= 15 is 0 Å². The topological polar surface area (TPSA) is 55.1 Å². The lowest BCUT2D eigenvalue weighted by molar-refractivity contribution is -0.114. The number of thioether (sulfide) groups is 1. The number of nitrogens with one attached hydrogen (secondary N) is 1. The molecule has 1 amide bonds. The van der Waals surface area contributed by atoms with Gasteiger partial charge in [0.15, 0.2) is 0 Å². The predicted molar refractivity (Wildman–Crippen MR) is 66.2 cm³/mol. The van der Waals surface area contributed by atoms with E-state index in [-0.39, 0.29) is 12.5 Å². The molecule has 4 heteroatoms. The molecule has 0 radical (unpaired) electrons. The molecule has 0 fully saturated rings. The van der Waals surface area contributed by atoms with Crippen molar-refractivity contribution < 1.29 is 4.79 Å². The van der Waals surface area contributed by atoms with Crippen molar-refractivity contribution in [2.75, 3.05) is 23.9 Å². The van der Waals surface area contributed by atoms with Crippen molar-refractivity contribution in [1.82, 2.24) is 0 Å². The van der Waals surface area contributed by atoms with E-state index in [1.807, 2.05) is 36.0 Å². The number of aryl methyl sites for hydroxylation is 1. The summed E-state index contributed by atoms with van der Waals surface area (Å²) in [7, 11) is 0. The summed E-state index contributed by atoms with van der Waals surface area (Å²) in [5, 5.41) is 2.71. The minimum atomic E-state index is -0.160. The third-order valence-corrected chi connectivity index (χ3v) is 2.63. The molecule has 3 N–H and O–H groups in total. The summed E-state index contributed by atoms with van der Waals surface area (Å²) in [6.07, 6.45) is 3.15. The van der Waals surface area contributed by atoms with Crippen LogP contribution in [0.4, 0.5) is 5.69 Å². The molecule has 0 saturated carbocycles. The Bertz CT molecular complexity index is 311. The summed E-state index contributed by atoms with van der Waals surface area (Å²) in [4.78, 5) is 11.0. The Morgan fingerprint density at radius 1 is 1.40 bits per heavy atom. The fourth-order valence-corrected chi connectivity index (χ4v) is 1.63. The van der Waals surface area contributed by atoms with Gasteiger partial charge in [0.1, 0.15) is 0 Å². The average Bonchev–Trinajstić information content (AvgIpc) is 2.28. The van der Waals surface area contributed by atoms with E-state index < -0.39 is 0 Å². The first kappa shape index (κ1) is 12.1. The summed E-state index contributed by atoms with van der Waals surface area (Å²) in [6.45, 7) is 0.0220. The maximum Gasteiger partial charge on any atom is 0.238 e. The Morgan fingerprint density at radius 3 is 2.60 bits per heavy atom. The number of carbonyl (C=O) groups is 1. The summed E-state index contributed by atoms with van der Waals surface area (Å²) in [6, 6.07) is 7.87. The van der Waals surface area contributed by atoms with Crippen LogP contribution >= 0.6 is 11.8 Å². The van der Waals surface area contributed by atoms with Gasteiger partial charge >= 0.3 is 0 Å². The van der Waals surface area contributed by atoms with Gasteiger partial charge in [-0.3, -0.25) is 4.79 Å². The number of nitrogens with two attached hydrogens (primary N) is 1. The molecule has 0 aliphatic rings. The highest BCUT2D eigenvalue weighted by Gasteiger charge is 1.98. The number of rotatable bonds is 5. The average molecular weight is 224 g/mol. The summed E-state index contributed by atoms with van der Waals surface area (Å²) >= 11 is 1.83. The van der Waals surface area contributed by atoms with Crippen LogP contribution in [0.2, 0.25) is 0 Å². The maximum atomic E-state index is 11.0. The third kappa shape index (κ3) is 4.36. The van der Waals surface area contributed by atoms with Crippen molar-refractivity contribution in [1.29, 1.82) is 0 Å². The second-order valence-corrected chi connectivity index (χ2v) is 4.18. The zero-order valence-electron chi connectivity index (χ0n) is 8.82. The maximum absolute atomic E-state index is 11.0. The molecule has 0 saturated heterocycles. The van der Waals surface area contributed by atoms with E-state index in [9.17, 15) is 4.79 Å². The molecule has 1 rings (SSSR count). The Balaban J connectivity index is 2.52. The van der Waals surface area contributed by atoms with E-state index in [1.165, 1.54) is 5.56 Å². The normalized spacial score (nSPS) is 10.0. The summed E-state index contributed by atoms with van der Waals surface area (Å²) in [5.74, 6) is 0.959. The smallest absolute Gasteiger partial charge is 0.238 e. The molecule has 0 bridgehead atoms. The van der Waals surface area contributed by atoms with Gasteiger partial charge < -0.3 is 11.1 Å². The van der Waals surface area contributed by atoms with Crippen LogP contribution in [0.25, 0.3) is 0 Å². The zero-order chi connectivity index (χ0) is 11.1. The van der Waals surface area contributed by atoms with Gasteiger partial charge in [-0.1, -0.05) is 12.1 Å². The van der Waals surface area contributed by atoms with Crippen LogP contribution in [0.3, 0.4) is 0 Å². The van der Waals surface area contributed by atoms with Crippen LogP contribution in [0.5, 0.6) is 0 Å². The van der Waals surface area contributed by atoms with E-state index in [2.05, 4.69) is 11.6 Å². The van der Waals surface area contributed by atoms with Crippen LogP contribution in [0.15, 0.2) is 24.3 Å². The molecule has 0 aliphatic heterocycles. The zero-order valence-corrected chi connectivity index (χ0v) is 9.64. The summed E-state index contributed by atoms with van der Waals surface area (Å²) < 4.78 is 0. The van der Waals surface area contributed by atoms with Crippen LogP contribution in [-0.2, 0) is 11.2 Å². The van der Waals surface area contributed by atoms with Gasteiger partial charge in [-0.15, -0.1) is 0 Å². The van der Waals surface area contributed by atoms with E-state index in [1.54, 1.807) is 0 Å². The largest absolute Gasteiger partial charge is 0.325 e. The van der Waals surface area contributed by atoms with Gasteiger partial charge in [0.05, 0.1) is 6.54 Å². The Kier molecular flexibility index (Phi) is 5.21. The molecule has 1 aromatic rings. The molecule has 0 atom stereocenters. The Morgan fingerprint density at radius 2 is 2.07 bits per heavy atom. The highest BCUT2D eigenvalue weighted by atomic mass is 32.2. The van der Waals surface area contributed by atoms with Crippen molar-refractivity contribution in [2.45, 2.75) is 6.42 Å². The molecule has 0 aromatic heterocycles. The molecule has 0 aliphatic carbocycles. The van der Waals surface area contributed by atoms with Crippen LogP contribution in [0.1, 0.15) is 5.56 Å². The fourth-order valence-electron chi connectivity index (χ4n) is 1.19.